The molecular weight excluding hydrogens is 236 g/mol. The molecule has 0 aromatic carbocycles. The topological polar surface area (TPSA) is 75.3 Å². The molecule has 1 heterocycles. The Morgan fingerprint density at radius 3 is 2.71 bits per heavy atom. The first-order valence-electron chi connectivity index (χ1n) is 5.67. The van der Waals surface area contributed by atoms with Gasteiger partial charge in [0.15, 0.2) is 5.82 Å². The molecule has 0 fully saturated rings. The molecule has 0 radical (unpaired) electrons. The van der Waals surface area contributed by atoms with Gasteiger partial charge in [-0.1, -0.05) is 25.6 Å². The van der Waals surface area contributed by atoms with E-state index in [0.29, 0.717) is 18.1 Å². The van der Waals surface area contributed by atoms with E-state index in [-0.39, 0.29) is 11.6 Å². The monoisotopic (exact) mass is 254 g/mol. The Labute approximate surface area is 107 Å². The molecule has 0 aliphatic carbocycles. The number of anilines is 1. The van der Waals surface area contributed by atoms with Crippen molar-refractivity contribution in [1.29, 1.82) is 0 Å². The molecule has 0 spiro atoms. The van der Waals surface area contributed by atoms with Crippen LogP contribution in [0.2, 0.25) is 0 Å². The van der Waals surface area contributed by atoms with Gasteiger partial charge in [0.25, 0.3) is 0 Å². The van der Waals surface area contributed by atoms with Gasteiger partial charge in [-0.2, -0.15) is 0 Å². The summed E-state index contributed by atoms with van der Waals surface area (Å²) in [6, 6.07) is 0. The van der Waals surface area contributed by atoms with Crippen molar-refractivity contribution >= 4 is 23.0 Å². The van der Waals surface area contributed by atoms with Crippen LogP contribution in [-0.4, -0.2) is 39.8 Å². The molecule has 0 atom stereocenters. The number of aliphatic hydroxyl groups excluding tert-OH is 1. The Kier molecular flexibility index (Phi) is 5.79. The molecule has 3 N–H and O–H groups in total. The maximum absolute atomic E-state index is 9.07. The Morgan fingerprint density at radius 2 is 2.12 bits per heavy atom. The predicted molar refractivity (Wildman–Crippen MR) is 72.1 cm³/mol. The van der Waals surface area contributed by atoms with Gasteiger partial charge in [-0.05, 0) is 6.42 Å². The lowest BCUT2D eigenvalue weighted by molar-refractivity contribution is 0.301. The lowest BCUT2D eigenvalue weighted by Gasteiger charge is -2.23. The summed E-state index contributed by atoms with van der Waals surface area (Å²) < 4.78 is 0. The zero-order valence-corrected chi connectivity index (χ0v) is 10.8. The van der Waals surface area contributed by atoms with Crippen molar-refractivity contribution in [3.8, 4) is 0 Å². The minimum absolute atomic E-state index is 0.0665. The van der Waals surface area contributed by atoms with E-state index < -0.39 is 0 Å². The number of rotatable bonds is 7. The Morgan fingerprint density at radius 1 is 1.41 bits per heavy atom. The second-order valence-electron chi connectivity index (χ2n) is 3.66. The van der Waals surface area contributed by atoms with Crippen LogP contribution in [0.25, 0.3) is 0 Å². The molecular formula is C11H18N4OS. The van der Waals surface area contributed by atoms with E-state index in [0.717, 1.165) is 19.4 Å². The SMILES string of the molecule is CCCCN(CCO)c1nccnc1C(N)=S. The van der Waals surface area contributed by atoms with Crippen molar-refractivity contribution in [3.63, 3.8) is 0 Å². The van der Waals surface area contributed by atoms with Crippen molar-refractivity contribution in [2.45, 2.75) is 19.8 Å². The molecule has 0 amide bonds. The molecule has 1 aromatic heterocycles. The van der Waals surface area contributed by atoms with Crippen LogP contribution in [0.5, 0.6) is 0 Å². The molecule has 1 aromatic rings. The fourth-order valence-corrected chi connectivity index (χ4v) is 1.67. The van der Waals surface area contributed by atoms with E-state index in [9.17, 15) is 0 Å². The maximum atomic E-state index is 9.07. The van der Waals surface area contributed by atoms with Crippen LogP contribution in [0.15, 0.2) is 12.4 Å². The summed E-state index contributed by atoms with van der Waals surface area (Å²) in [7, 11) is 0. The number of nitrogens with two attached hydrogens (primary N) is 1. The molecule has 0 saturated carbocycles. The van der Waals surface area contributed by atoms with E-state index in [2.05, 4.69) is 16.9 Å². The van der Waals surface area contributed by atoms with Crippen molar-refractivity contribution in [3.05, 3.63) is 18.1 Å². The first-order chi connectivity index (χ1) is 8.20. The smallest absolute Gasteiger partial charge is 0.157 e. The molecule has 94 valence electrons. The van der Waals surface area contributed by atoms with Gasteiger partial charge in [0, 0.05) is 25.5 Å². The highest BCUT2D eigenvalue weighted by Gasteiger charge is 2.14. The number of unbranched alkanes of at least 4 members (excludes halogenated alkanes) is 1. The largest absolute Gasteiger partial charge is 0.395 e. The van der Waals surface area contributed by atoms with Crippen LogP contribution < -0.4 is 10.6 Å². The molecule has 0 saturated heterocycles. The molecule has 5 nitrogen and oxygen atoms in total. The Hall–Kier alpha value is -1.27. The van der Waals surface area contributed by atoms with Gasteiger partial charge in [0.2, 0.25) is 0 Å². The third-order valence-corrected chi connectivity index (χ3v) is 2.56. The van der Waals surface area contributed by atoms with Crippen LogP contribution >= 0.6 is 12.2 Å². The van der Waals surface area contributed by atoms with E-state index in [1.807, 2.05) is 4.90 Å². The summed E-state index contributed by atoms with van der Waals surface area (Å²) >= 11 is 4.95. The highest BCUT2D eigenvalue weighted by molar-refractivity contribution is 7.80. The molecule has 0 unspecified atom stereocenters. The number of nitrogens with zero attached hydrogens (tertiary/aromatic N) is 3. The van der Waals surface area contributed by atoms with Crippen LogP contribution in [0, 0.1) is 0 Å². The highest BCUT2D eigenvalue weighted by Crippen LogP contribution is 2.15. The summed E-state index contributed by atoms with van der Waals surface area (Å²) in [6.45, 7) is 3.50. The van der Waals surface area contributed by atoms with Crippen LogP contribution in [0.4, 0.5) is 5.82 Å². The summed E-state index contributed by atoms with van der Waals surface area (Å²) in [5.41, 5.74) is 6.14. The minimum atomic E-state index is 0.0665. The third kappa shape index (κ3) is 3.90. The number of aliphatic hydroxyl groups is 1. The molecule has 0 aliphatic heterocycles. The quantitative estimate of drug-likeness (QED) is 0.698. The van der Waals surface area contributed by atoms with Crippen LogP contribution in [-0.2, 0) is 0 Å². The van der Waals surface area contributed by atoms with Gasteiger partial charge < -0.3 is 15.7 Å². The van der Waals surface area contributed by atoms with Crippen molar-refractivity contribution < 1.29 is 5.11 Å². The average Bonchev–Trinajstić information content (AvgIpc) is 2.34. The summed E-state index contributed by atoms with van der Waals surface area (Å²) in [6.07, 6.45) is 5.26. The molecule has 6 heteroatoms. The van der Waals surface area contributed by atoms with Gasteiger partial charge in [0.05, 0.1) is 6.61 Å². The fraction of sp³-hybridized carbons (Fsp3) is 0.545. The van der Waals surface area contributed by atoms with Gasteiger partial charge in [-0.25, -0.2) is 9.97 Å². The Bertz CT molecular complexity index is 372. The van der Waals surface area contributed by atoms with Crippen LogP contribution in [0.1, 0.15) is 25.5 Å². The zero-order chi connectivity index (χ0) is 12.7. The lowest BCUT2D eigenvalue weighted by Crippen LogP contribution is -2.31. The first-order valence-corrected chi connectivity index (χ1v) is 6.08. The second-order valence-corrected chi connectivity index (χ2v) is 4.10. The van der Waals surface area contributed by atoms with E-state index in [1.54, 1.807) is 12.4 Å². The normalized spacial score (nSPS) is 10.2. The highest BCUT2D eigenvalue weighted by atomic mass is 32.1. The van der Waals surface area contributed by atoms with Crippen molar-refractivity contribution in [1.82, 2.24) is 9.97 Å². The fourth-order valence-electron chi connectivity index (χ4n) is 1.53. The molecule has 0 bridgehead atoms. The third-order valence-electron chi connectivity index (χ3n) is 2.36. The summed E-state index contributed by atoms with van der Waals surface area (Å²) in [4.78, 5) is 10.6. The number of aromatic nitrogens is 2. The number of hydrogen-bond acceptors (Lipinski definition) is 5. The van der Waals surface area contributed by atoms with E-state index >= 15 is 0 Å². The molecule has 1 rings (SSSR count). The maximum Gasteiger partial charge on any atom is 0.157 e. The minimum Gasteiger partial charge on any atom is -0.395 e. The lowest BCUT2D eigenvalue weighted by atomic mass is 10.3. The van der Waals surface area contributed by atoms with Gasteiger partial charge in [-0.15, -0.1) is 0 Å². The number of hydrogen-bond donors (Lipinski definition) is 2. The predicted octanol–water partition coefficient (Wildman–Crippen LogP) is 0.710. The Balaban J connectivity index is 2.95. The van der Waals surface area contributed by atoms with Gasteiger partial charge in [0.1, 0.15) is 10.7 Å². The number of thiocarbonyl (C=S) groups is 1. The molecule has 17 heavy (non-hydrogen) atoms. The van der Waals surface area contributed by atoms with Crippen molar-refractivity contribution in [2.75, 3.05) is 24.6 Å². The summed E-state index contributed by atoms with van der Waals surface area (Å²) in [5, 5.41) is 9.07. The molecule has 0 aliphatic rings. The van der Waals surface area contributed by atoms with Gasteiger partial charge >= 0.3 is 0 Å². The zero-order valence-electron chi connectivity index (χ0n) is 9.96. The van der Waals surface area contributed by atoms with Crippen LogP contribution in [0.3, 0.4) is 0 Å². The first kappa shape index (κ1) is 13.8. The van der Waals surface area contributed by atoms with E-state index in [4.69, 9.17) is 23.1 Å². The summed E-state index contributed by atoms with van der Waals surface area (Å²) in [5.74, 6) is 0.655. The standard InChI is InChI=1S/C11H18N4OS/c1-2-3-6-15(7-8-16)11-9(10(12)17)13-4-5-14-11/h4-5,16H,2-3,6-8H2,1H3,(H2,12,17). The second kappa shape index (κ2) is 7.13. The van der Waals surface area contributed by atoms with Gasteiger partial charge in [-0.3, -0.25) is 0 Å². The average molecular weight is 254 g/mol. The van der Waals surface area contributed by atoms with Crippen molar-refractivity contribution in [2.24, 2.45) is 5.73 Å². The van der Waals surface area contributed by atoms with E-state index in [1.165, 1.54) is 0 Å².